The average Bonchev–Trinajstić information content (AvgIpc) is 3.90. The van der Waals surface area contributed by atoms with Gasteiger partial charge in [-0.05, 0) is 82.7 Å². The fourth-order valence-corrected chi connectivity index (χ4v) is 12.2. The zero-order valence-electron chi connectivity index (χ0n) is 35.5. The highest BCUT2D eigenvalue weighted by atomic mass is 32.3. The van der Waals surface area contributed by atoms with Crippen molar-refractivity contribution in [2.45, 2.75) is 93.4 Å². The molecule has 2 atom stereocenters. The number of ether oxygens (including phenoxy) is 1. The number of sulfonamides is 1. The number of aromatic amines is 1. The summed E-state index contributed by atoms with van der Waals surface area (Å²) in [5.41, 5.74) is 4.44. The van der Waals surface area contributed by atoms with E-state index in [1.54, 1.807) is 45.0 Å². The minimum absolute atomic E-state index is 0.0661. The third-order valence-corrected chi connectivity index (χ3v) is 16.4. The zero-order valence-corrected chi connectivity index (χ0v) is 37.9. The Balaban J connectivity index is 1.08. The number of thiophene rings is 1. The van der Waals surface area contributed by atoms with E-state index in [0.717, 1.165) is 19.6 Å². The van der Waals surface area contributed by atoms with Crippen molar-refractivity contribution in [2.75, 3.05) is 50.0 Å². The first kappa shape index (κ1) is 47.8. The summed E-state index contributed by atoms with van der Waals surface area (Å²) in [6.07, 6.45) is 0.248. The molecule has 0 spiro atoms. The number of rotatable bonds is 20. The number of Topliss-reactive ketones (excluding diaryl/α,β-unsaturated/α-hetero) is 1. The number of ketones is 1. The minimum atomic E-state index is -4.45. The van der Waals surface area contributed by atoms with Crippen LogP contribution in [0.1, 0.15) is 104 Å². The second kappa shape index (κ2) is 20.3. The predicted molar refractivity (Wildman–Crippen MR) is 234 cm³/mol. The lowest BCUT2D eigenvalue weighted by Crippen LogP contribution is -2.35. The van der Waals surface area contributed by atoms with E-state index < -0.39 is 68.1 Å². The molecule has 0 saturated heterocycles. The third-order valence-electron chi connectivity index (χ3n) is 10.7. The summed E-state index contributed by atoms with van der Waals surface area (Å²) in [6, 6.07) is 5.70. The molecule has 0 radical (unpaired) electrons. The molecule has 0 bridgehead atoms. The number of carbonyl (C=O) groups excluding carboxylic acids is 6. The molecular weight excluding hydrogens is 863 g/mol. The van der Waals surface area contributed by atoms with Crippen molar-refractivity contribution in [1.29, 1.82) is 0 Å². The average molecular weight is 916 g/mol. The summed E-state index contributed by atoms with van der Waals surface area (Å²) in [5, 5.41) is 10.9. The van der Waals surface area contributed by atoms with Crippen molar-refractivity contribution >= 4 is 89.6 Å². The number of amides is 4. The van der Waals surface area contributed by atoms with E-state index in [1.807, 2.05) is 11.6 Å². The van der Waals surface area contributed by atoms with Crippen LogP contribution in [0, 0.1) is 13.8 Å². The number of nitrogens with zero attached hydrogens (tertiary/aromatic N) is 1. The lowest BCUT2D eigenvalue weighted by Gasteiger charge is -2.27. The molecule has 0 unspecified atom stereocenters. The number of fused-ring (bicyclic) bond motifs is 2. The molecule has 1 aromatic carbocycles. The molecule has 2 aliphatic heterocycles. The van der Waals surface area contributed by atoms with Gasteiger partial charge in [0.1, 0.15) is 15.0 Å². The number of aromatic nitrogens is 1. The number of anilines is 2. The highest BCUT2D eigenvalue weighted by molar-refractivity contribution is 7.95. The van der Waals surface area contributed by atoms with Crippen LogP contribution >= 0.6 is 11.3 Å². The standard InChI is InChI=1S/C41H53N7O11S3/c1-7-42-33-18-23(4)61(55,56)41-30(33)21-37(60-41)62(57,58)47-35(51)13-11-27(49)22-59-36(52)15-14-34(50)45-26-10-12-31-28(19-26)29(39(53)46-31)20-32-24(5)38(25(6)44-32)40(54)43-16-17-48(8-2)9-3/h10,12,19-21,23,33,42,44H,7-9,11,13-18,22H2,1-6H3,(H,43,54)(H,45,50)(H,46,53)(H,47,51)/b29-20-/t23-,33-/m0/s1. The van der Waals surface area contributed by atoms with Gasteiger partial charge in [-0.25, -0.2) is 21.6 Å². The molecule has 4 amide bonds. The normalized spacial score (nSPS) is 17.3. The van der Waals surface area contributed by atoms with E-state index in [4.69, 9.17) is 4.74 Å². The first-order chi connectivity index (χ1) is 29.3. The Morgan fingerprint density at radius 2 is 1.71 bits per heavy atom. The number of benzene rings is 1. The Morgan fingerprint density at radius 1 is 1.00 bits per heavy atom. The molecule has 18 nitrogen and oxygen atoms in total. The Labute approximate surface area is 365 Å². The SMILES string of the molecule is CCN[C@H]1C[C@H](C)S(=O)(=O)c2sc(S(=O)(=O)NC(=O)CCC(=O)COC(=O)CCC(=O)Nc3ccc4c(c3)/C(=C/c3[nH]c(C)c(C(=O)NCCN(CC)CC)c3C)C(=O)N4)cc21. The number of esters is 1. The molecule has 0 fully saturated rings. The van der Waals surface area contributed by atoms with Crippen LogP contribution < -0.4 is 26.0 Å². The van der Waals surface area contributed by atoms with Crippen LogP contribution in [0.5, 0.6) is 0 Å². The molecule has 4 heterocycles. The van der Waals surface area contributed by atoms with Crippen LogP contribution in [0.15, 0.2) is 32.7 Å². The van der Waals surface area contributed by atoms with Crippen LogP contribution in [0.25, 0.3) is 11.6 Å². The fraction of sp³-hybridized carbons (Fsp3) is 0.463. The van der Waals surface area contributed by atoms with E-state index in [-0.39, 0.29) is 45.5 Å². The summed E-state index contributed by atoms with van der Waals surface area (Å²) in [7, 11) is -8.20. The summed E-state index contributed by atoms with van der Waals surface area (Å²) in [5.74, 6) is -3.66. The summed E-state index contributed by atoms with van der Waals surface area (Å²) in [4.78, 5) is 81.6. The molecule has 0 aliphatic carbocycles. The lowest BCUT2D eigenvalue weighted by atomic mass is 10.0. The summed E-state index contributed by atoms with van der Waals surface area (Å²) >= 11 is 0.564. The topological polar surface area (TPSA) is 259 Å². The number of H-pyrrole nitrogens is 1. The Kier molecular flexibility index (Phi) is 15.7. The first-order valence-corrected chi connectivity index (χ1v) is 24.1. The van der Waals surface area contributed by atoms with Crippen molar-refractivity contribution < 1.29 is 50.3 Å². The molecule has 2 aromatic heterocycles. The van der Waals surface area contributed by atoms with Gasteiger partial charge in [0, 0.05) is 72.3 Å². The number of carbonyl (C=O) groups is 6. The van der Waals surface area contributed by atoms with Gasteiger partial charge >= 0.3 is 5.97 Å². The van der Waals surface area contributed by atoms with Crippen LogP contribution in [-0.4, -0.2) is 107 Å². The van der Waals surface area contributed by atoms with E-state index >= 15 is 0 Å². The van der Waals surface area contributed by atoms with Crippen LogP contribution in [0.2, 0.25) is 0 Å². The predicted octanol–water partition coefficient (Wildman–Crippen LogP) is 3.59. The number of hydrogen-bond donors (Lipinski definition) is 6. The third kappa shape index (κ3) is 11.2. The van der Waals surface area contributed by atoms with Crippen LogP contribution in [-0.2, 0) is 48.6 Å². The molecule has 62 heavy (non-hydrogen) atoms. The molecule has 336 valence electrons. The summed E-state index contributed by atoms with van der Waals surface area (Å²) < 4.78 is 58.2. The van der Waals surface area contributed by atoms with Gasteiger partial charge in [-0.2, -0.15) is 0 Å². The quantitative estimate of drug-likeness (QED) is 0.0701. The number of hydrogen-bond acceptors (Lipinski definition) is 14. The molecule has 5 rings (SSSR count). The fourth-order valence-electron chi connectivity index (χ4n) is 7.19. The lowest BCUT2D eigenvalue weighted by molar-refractivity contribution is -0.148. The molecular formula is C41H53N7O11S3. The van der Waals surface area contributed by atoms with Crippen molar-refractivity contribution in [2.24, 2.45) is 0 Å². The maximum Gasteiger partial charge on any atom is 0.306 e. The van der Waals surface area contributed by atoms with Crippen molar-refractivity contribution in [3.05, 3.63) is 57.9 Å². The molecule has 2 aliphatic rings. The Hall–Kier alpha value is -5.22. The second-order valence-corrected chi connectivity index (χ2v) is 20.5. The Bertz CT molecular complexity index is 2500. The maximum atomic E-state index is 13.1. The van der Waals surface area contributed by atoms with Gasteiger partial charge in [0.15, 0.2) is 15.6 Å². The van der Waals surface area contributed by atoms with Crippen molar-refractivity contribution in [3.8, 4) is 0 Å². The highest BCUT2D eigenvalue weighted by Crippen LogP contribution is 2.43. The van der Waals surface area contributed by atoms with Crippen LogP contribution in [0.4, 0.5) is 11.4 Å². The second-order valence-electron chi connectivity index (χ2n) is 15.0. The Morgan fingerprint density at radius 3 is 2.40 bits per heavy atom. The van der Waals surface area contributed by atoms with E-state index in [0.29, 0.717) is 75.0 Å². The van der Waals surface area contributed by atoms with E-state index in [1.165, 1.54) is 6.07 Å². The van der Waals surface area contributed by atoms with Gasteiger partial charge in [-0.1, -0.05) is 20.8 Å². The van der Waals surface area contributed by atoms with Gasteiger partial charge in [0.05, 0.1) is 22.8 Å². The number of nitrogens with one attached hydrogen (secondary N) is 6. The molecule has 3 aromatic rings. The van der Waals surface area contributed by atoms with Gasteiger partial charge in [0.2, 0.25) is 11.8 Å². The smallest absolute Gasteiger partial charge is 0.306 e. The largest absolute Gasteiger partial charge is 0.458 e. The van der Waals surface area contributed by atoms with Gasteiger partial charge < -0.3 is 35.9 Å². The van der Waals surface area contributed by atoms with Crippen molar-refractivity contribution in [3.63, 3.8) is 0 Å². The van der Waals surface area contributed by atoms with Gasteiger partial charge in [-0.3, -0.25) is 28.8 Å². The monoisotopic (exact) mass is 915 g/mol. The van der Waals surface area contributed by atoms with Crippen LogP contribution in [0.3, 0.4) is 0 Å². The summed E-state index contributed by atoms with van der Waals surface area (Å²) in [6.45, 7) is 13.9. The van der Waals surface area contributed by atoms with E-state index in [2.05, 4.69) is 45.0 Å². The maximum absolute atomic E-state index is 13.1. The van der Waals surface area contributed by atoms with Crippen molar-refractivity contribution in [1.82, 2.24) is 25.2 Å². The molecule has 21 heteroatoms. The number of aryl methyl sites for hydroxylation is 1. The van der Waals surface area contributed by atoms with Gasteiger partial charge in [-0.15, -0.1) is 11.3 Å². The minimum Gasteiger partial charge on any atom is -0.458 e. The van der Waals surface area contributed by atoms with E-state index in [9.17, 15) is 45.6 Å². The highest BCUT2D eigenvalue weighted by Gasteiger charge is 2.40. The number of likely N-dealkylation sites (N-methyl/N-ethyl adjacent to an activating group) is 1. The molecule has 0 saturated carbocycles. The van der Waals surface area contributed by atoms with Gasteiger partial charge in [0.25, 0.3) is 21.8 Å². The zero-order chi connectivity index (χ0) is 45.5. The number of sulfone groups is 1. The first-order valence-electron chi connectivity index (χ1n) is 20.3. The molecule has 6 N–H and O–H groups in total.